The number of hydrogen-bond acceptors (Lipinski definition) is 4. The molecule has 2 aromatic rings. The number of benzene rings is 1. The fourth-order valence-electron chi connectivity index (χ4n) is 1.61. The van der Waals surface area contributed by atoms with Crippen LogP contribution in [-0.4, -0.2) is 19.1 Å². The first-order valence-corrected chi connectivity index (χ1v) is 7.31. The van der Waals surface area contributed by atoms with Gasteiger partial charge in [-0.05, 0) is 29.6 Å². The van der Waals surface area contributed by atoms with Crippen molar-refractivity contribution in [3.63, 3.8) is 0 Å². The largest absolute Gasteiger partial charge is 0.465 e. The molecule has 1 aromatic carbocycles. The predicted octanol–water partition coefficient (Wildman–Crippen LogP) is 3.51. The summed E-state index contributed by atoms with van der Waals surface area (Å²) in [4.78, 5) is 24.3. The average Bonchev–Trinajstić information content (AvgIpc) is 3.00. The smallest absolute Gasteiger partial charge is 0.337 e. The number of halogens is 1. The summed E-state index contributed by atoms with van der Waals surface area (Å²) in [5, 5.41) is 7.59. The van der Waals surface area contributed by atoms with E-state index in [1.54, 1.807) is 11.3 Å². The molecule has 0 radical (unpaired) electrons. The maximum absolute atomic E-state index is 11.8. The molecule has 0 saturated carbocycles. The molecule has 0 fully saturated rings. The Labute approximate surface area is 130 Å². The van der Waals surface area contributed by atoms with Crippen molar-refractivity contribution in [3.8, 4) is 0 Å². The van der Waals surface area contributed by atoms with E-state index in [9.17, 15) is 9.59 Å². The minimum atomic E-state index is -0.492. The van der Waals surface area contributed by atoms with E-state index in [1.807, 2.05) is 17.5 Å². The Balaban J connectivity index is 2.01. The van der Waals surface area contributed by atoms with Gasteiger partial charge >= 0.3 is 12.0 Å². The highest BCUT2D eigenvalue weighted by molar-refractivity contribution is 7.09. The Morgan fingerprint density at radius 3 is 2.81 bits per heavy atom. The Morgan fingerprint density at radius 2 is 2.14 bits per heavy atom. The Kier molecular flexibility index (Phi) is 5.19. The van der Waals surface area contributed by atoms with Crippen molar-refractivity contribution in [2.45, 2.75) is 6.54 Å². The van der Waals surface area contributed by atoms with Gasteiger partial charge in [-0.3, -0.25) is 0 Å². The van der Waals surface area contributed by atoms with Crippen molar-refractivity contribution >= 4 is 40.6 Å². The summed E-state index contributed by atoms with van der Waals surface area (Å²) in [6, 6.07) is 7.98. The summed E-state index contributed by atoms with van der Waals surface area (Å²) >= 11 is 7.55. The highest BCUT2D eigenvalue weighted by Crippen LogP contribution is 2.23. The highest BCUT2D eigenvalue weighted by atomic mass is 35.5. The second-order valence-electron chi connectivity index (χ2n) is 4.07. The van der Waals surface area contributed by atoms with Crippen LogP contribution < -0.4 is 10.6 Å². The molecule has 0 aliphatic carbocycles. The third kappa shape index (κ3) is 4.21. The Bertz CT molecular complexity index is 644. The molecule has 0 spiro atoms. The number of ether oxygens (including phenoxy) is 1. The van der Waals surface area contributed by atoms with Crippen LogP contribution >= 0.6 is 22.9 Å². The molecule has 0 saturated heterocycles. The number of esters is 1. The second kappa shape index (κ2) is 7.10. The van der Waals surface area contributed by atoms with Gasteiger partial charge in [0.25, 0.3) is 0 Å². The lowest BCUT2D eigenvalue weighted by atomic mass is 10.2. The van der Waals surface area contributed by atoms with Crippen LogP contribution in [0.15, 0.2) is 35.7 Å². The predicted molar refractivity (Wildman–Crippen MR) is 83.0 cm³/mol. The molecule has 0 aliphatic rings. The molecule has 7 heteroatoms. The first kappa shape index (κ1) is 15.3. The molecule has 2 amide bonds. The molecule has 2 rings (SSSR count). The normalized spacial score (nSPS) is 10.0. The van der Waals surface area contributed by atoms with Crippen LogP contribution in [-0.2, 0) is 11.3 Å². The lowest BCUT2D eigenvalue weighted by molar-refractivity contribution is 0.0600. The maximum atomic E-state index is 11.8. The topological polar surface area (TPSA) is 67.4 Å². The van der Waals surface area contributed by atoms with E-state index in [4.69, 9.17) is 11.6 Å². The van der Waals surface area contributed by atoms with Crippen LogP contribution in [0, 0.1) is 0 Å². The van der Waals surface area contributed by atoms with Crippen LogP contribution in [0.2, 0.25) is 5.02 Å². The third-order valence-corrected chi connectivity index (χ3v) is 3.84. The Morgan fingerprint density at radius 1 is 1.33 bits per heavy atom. The molecule has 1 heterocycles. The molecule has 5 nitrogen and oxygen atoms in total. The zero-order chi connectivity index (χ0) is 15.2. The third-order valence-electron chi connectivity index (χ3n) is 2.64. The van der Waals surface area contributed by atoms with Gasteiger partial charge in [-0.15, -0.1) is 11.3 Å². The number of thiophene rings is 1. The van der Waals surface area contributed by atoms with E-state index < -0.39 is 12.0 Å². The number of methoxy groups -OCH3 is 1. The molecule has 0 bridgehead atoms. The molecule has 0 aliphatic heterocycles. The number of rotatable bonds is 4. The van der Waals surface area contributed by atoms with E-state index >= 15 is 0 Å². The number of amides is 2. The van der Waals surface area contributed by atoms with Crippen LogP contribution in [0.25, 0.3) is 0 Å². The number of urea groups is 1. The van der Waals surface area contributed by atoms with Crippen molar-refractivity contribution in [3.05, 3.63) is 51.2 Å². The summed E-state index contributed by atoms with van der Waals surface area (Å²) < 4.78 is 4.62. The fourth-order valence-corrected chi connectivity index (χ4v) is 2.42. The lowest BCUT2D eigenvalue weighted by Gasteiger charge is -2.09. The van der Waals surface area contributed by atoms with Gasteiger partial charge in [-0.2, -0.15) is 0 Å². The highest BCUT2D eigenvalue weighted by Gasteiger charge is 2.11. The zero-order valence-electron chi connectivity index (χ0n) is 11.2. The molecular weight excluding hydrogens is 312 g/mol. The summed E-state index contributed by atoms with van der Waals surface area (Å²) in [5.74, 6) is -0.492. The van der Waals surface area contributed by atoms with Gasteiger partial charge < -0.3 is 15.4 Å². The number of carbonyl (C=O) groups is 2. The van der Waals surface area contributed by atoms with Crippen molar-refractivity contribution in [1.29, 1.82) is 0 Å². The molecule has 0 unspecified atom stereocenters. The minimum Gasteiger partial charge on any atom is -0.465 e. The van der Waals surface area contributed by atoms with Crippen LogP contribution in [0.5, 0.6) is 0 Å². The SMILES string of the molecule is COC(=O)c1ccc(Cl)c(NC(=O)NCc2cccs2)c1. The maximum Gasteiger partial charge on any atom is 0.337 e. The van der Waals surface area contributed by atoms with Gasteiger partial charge in [0.15, 0.2) is 0 Å². The number of nitrogens with one attached hydrogen (secondary N) is 2. The van der Waals surface area contributed by atoms with E-state index in [1.165, 1.54) is 25.3 Å². The van der Waals surface area contributed by atoms with Crippen molar-refractivity contribution < 1.29 is 14.3 Å². The van der Waals surface area contributed by atoms with Gasteiger partial charge in [0.1, 0.15) is 0 Å². The van der Waals surface area contributed by atoms with Gasteiger partial charge in [-0.1, -0.05) is 17.7 Å². The van der Waals surface area contributed by atoms with E-state index in [-0.39, 0.29) is 0 Å². The monoisotopic (exact) mass is 324 g/mol. The molecule has 1 aromatic heterocycles. The van der Waals surface area contributed by atoms with E-state index in [2.05, 4.69) is 15.4 Å². The number of carbonyl (C=O) groups excluding carboxylic acids is 2. The minimum absolute atomic E-state index is 0.315. The van der Waals surface area contributed by atoms with Crippen molar-refractivity contribution in [2.24, 2.45) is 0 Å². The quantitative estimate of drug-likeness (QED) is 0.846. The van der Waals surface area contributed by atoms with Crippen LogP contribution in [0.4, 0.5) is 10.5 Å². The van der Waals surface area contributed by atoms with E-state index in [0.717, 1.165) is 4.88 Å². The summed E-state index contributed by atoms with van der Waals surface area (Å²) in [6.07, 6.45) is 0. The molecule has 0 atom stereocenters. The number of anilines is 1. The summed E-state index contributed by atoms with van der Waals surface area (Å²) in [7, 11) is 1.29. The second-order valence-corrected chi connectivity index (χ2v) is 5.51. The summed E-state index contributed by atoms with van der Waals surface area (Å²) in [5.41, 5.74) is 0.665. The van der Waals surface area contributed by atoms with Crippen LogP contribution in [0.1, 0.15) is 15.2 Å². The van der Waals surface area contributed by atoms with Gasteiger partial charge in [0.05, 0.1) is 29.9 Å². The van der Waals surface area contributed by atoms with Crippen molar-refractivity contribution in [2.75, 3.05) is 12.4 Å². The van der Waals surface area contributed by atoms with Crippen LogP contribution in [0.3, 0.4) is 0 Å². The van der Waals surface area contributed by atoms with Gasteiger partial charge in [-0.25, -0.2) is 9.59 Å². The van der Waals surface area contributed by atoms with Gasteiger partial charge in [0, 0.05) is 4.88 Å². The average molecular weight is 325 g/mol. The fraction of sp³-hybridized carbons (Fsp3) is 0.143. The standard InChI is InChI=1S/C14H13ClN2O3S/c1-20-13(18)9-4-5-11(15)12(7-9)17-14(19)16-8-10-3-2-6-21-10/h2-7H,8H2,1H3,(H2,16,17,19). The first-order chi connectivity index (χ1) is 10.1. The zero-order valence-corrected chi connectivity index (χ0v) is 12.8. The van der Waals surface area contributed by atoms with Gasteiger partial charge in [0.2, 0.25) is 0 Å². The molecule has 2 N–H and O–H groups in total. The summed E-state index contributed by atoms with van der Waals surface area (Å²) in [6.45, 7) is 0.428. The first-order valence-electron chi connectivity index (χ1n) is 6.05. The van der Waals surface area contributed by atoms with E-state index in [0.29, 0.717) is 22.8 Å². The molecular formula is C14H13ClN2O3S. The van der Waals surface area contributed by atoms with Crippen molar-refractivity contribution in [1.82, 2.24) is 5.32 Å². The lowest BCUT2D eigenvalue weighted by Crippen LogP contribution is -2.28. The molecule has 21 heavy (non-hydrogen) atoms. The number of hydrogen-bond donors (Lipinski definition) is 2. The Hall–Kier alpha value is -2.05. The molecule has 110 valence electrons.